The van der Waals surface area contributed by atoms with E-state index in [0.29, 0.717) is 35.8 Å². The van der Waals surface area contributed by atoms with Crippen molar-refractivity contribution in [3.63, 3.8) is 0 Å². The number of nitrogens with zero attached hydrogens (tertiary/aromatic N) is 4. The highest BCUT2D eigenvalue weighted by molar-refractivity contribution is 6.33. The number of halogens is 1. The van der Waals surface area contributed by atoms with Crippen LogP contribution in [0.5, 0.6) is 0 Å². The molecule has 0 radical (unpaired) electrons. The molecule has 2 unspecified atom stereocenters. The van der Waals surface area contributed by atoms with Gasteiger partial charge in [-0.15, -0.1) is 0 Å². The molecule has 2 aliphatic heterocycles. The molecule has 1 saturated heterocycles. The molecular formula is C24H31ClN6O2. The molecule has 5 rings (SSSR count). The summed E-state index contributed by atoms with van der Waals surface area (Å²) in [5.41, 5.74) is 8.92. The summed E-state index contributed by atoms with van der Waals surface area (Å²) in [7, 11) is 0. The summed E-state index contributed by atoms with van der Waals surface area (Å²) in [5, 5.41) is 8.09. The van der Waals surface area contributed by atoms with E-state index in [2.05, 4.69) is 29.2 Å². The number of likely N-dealkylation sites (tertiary alicyclic amines) is 1. The Morgan fingerprint density at radius 3 is 2.58 bits per heavy atom. The fraction of sp³-hybridized carbons (Fsp3) is 0.583. The normalized spacial score (nSPS) is 26.2. The van der Waals surface area contributed by atoms with Crippen molar-refractivity contribution in [1.82, 2.24) is 19.7 Å². The number of nitrogens with one attached hydrogen (secondary N) is 1. The second-order valence-corrected chi connectivity index (χ2v) is 11.2. The first-order chi connectivity index (χ1) is 15.6. The summed E-state index contributed by atoms with van der Waals surface area (Å²) in [6.45, 7) is 8.45. The number of fused-ring (bicyclic) bond motifs is 2. The van der Waals surface area contributed by atoms with Crippen LogP contribution in [-0.4, -0.2) is 50.6 Å². The van der Waals surface area contributed by atoms with E-state index in [9.17, 15) is 9.59 Å². The van der Waals surface area contributed by atoms with Crippen molar-refractivity contribution in [2.75, 3.05) is 18.4 Å². The van der Waals surface area contributed by atoms with Crippen molar-refractivity contribution in [3.8, 4) is 11.1 Å². The van der Waals surface area contributed by atoms with Gasteiger partial charge in [-0.2, -0.15) is 5.10 Å². The third kappa shape index (κ3) is 4.15. The predicted molar refractivity (Wildman–Crippen MR) is 127 cm³/mol. The van der Waals surface area contributed by atoms with Crippen LogP contribution in [0.1, 0.15) is 39.3 Å². The van der Waals surface area contributed by atoms with Gasteiger partial charge in [-0.05, 0) is 49.5 Å². The van der Waals surface area contributed by atoms with Gasteiger partial charge in [-0.1, -0.05) is 25.4 Å². The SMILES string of the molecule is CC(N)C(=O)N1C[C@H]2CC(C(=O)Nc3cc(-c4cnn5c4CC(C)(C)C5)c(Cl)cn3)C[C@H]2C1. The van der Waals surface area contributed by atoms with Crippen molar-refractivity contribution in [3.05, 3.63) is 29.2 Å². The number of carbonyl (C=O) groups is 2. The van der Waals surface area contributed by atoms with Crippen molar-refractivity contribution in [2.24, 2.45) is 28.9 Å². The highest BCUT2D eigenvalue weighted by Crippen LogP contribution is 2.43. The average Bonchev–Trinajstić information content (AvgIpc) is 3.47. The van der Waals surface area contributed by atoms with Crippen molar-refractivity contribution < 1.29 is 9.59 Å². The number of rotatable bonds is 4. The topological polar surface area (TPSA) is 106 Å². The van der Waals surface area contributed by atoms with Crippen LogP contribution in [0.25, 0.3) is 11.1 Å². The maximum absolute atomic E-state index is 13.0. The molecule has 4 atom stereocenters. The second kappa shape index (κ2) is 8.09. The molecule has 0 aromatic carbocycles. The number of anilines is 1. The quantitative estimate of drug-likeness (QED) is 0.714. The van der Waals surface area contributed by atoms with E-state index in [4.69, 9.17) is 17.3 Å². The van der Waals surface area contributed by atoms with Crippen LogP contribution in [0.15, 0.2) is 18.5 Å². The van der Waals surface area contributed by atoms with Gasteiger partial charge in [0.1, 0.15) is 5.82 Å². The molecule has 2 aromatic heterocycles. The van der Waals surface area contributed by atoms with Gasteiger partial charge in [0.2, 0.25) is 11.8 Å². The summed E-state index contributed by atoms with van der Waals surface area (Å²) in [6, 6.07) is 1.37. The smallest absolute Gasteiger partial charge is 0.239 e. The first kappa shape index (κ1) is 22.3. The van der Waals surface area contributed by atoms with Crippen LogP contribution in [0.4, 0.5) is 5.82 Å². The number of hydrogen-bond acceptors (Lipinski definition) is 5. The molecule has 3 aliphatic rings. The maximum atomic E-state index is 13.0. The van der Waals surface area contributed by atoms with Gasteiger partial charge in [-0.25, -0.2) is 4.98 Å². The zero-order chi connectivity index (χ0) is 23.5. The zero-order valence-electron chi connectivity index (χ0n) is 19.3. The Morgan fingerprint density at radius 1 is 1.21 bits per heavy atom. The molecule has 0 bridgehead atoms. The summed E-state index contributed by atoms with van der Waals surface area (Å²) in [5.74, 6) is 1.12. The van der Waals surface area contributed by atoms with E-state index in [1.165, 1.54) is 5.69 Å². The molecule has 3 N–H and O–H groups in total. The summed E-state index contributed by atoms with van der Waals surface area (Å²) in [6.07, 6.45) is 5.94. The van der Waals surface area contributed by atoms with E-state index >= 15 is 0 Å². The molecule has 0 spiro atoms. The van der Waals surface area contributed by atoms with Gasteiger partial charge in [0.05, 0.1) is 17.3 Å². The van der Waals surface area contributed by atoms with Crippen LogP contribution < -0.4 is 11.1 Å². The molecule has 176 valence electrons. The van der Waals surface area contributed by atoms with Crippen LogP contribution >= 0.6 is 11.6 Å². The Hall–Kier alpha value is -2.45. The van der Waals surface area contributed by atoms with Crippen molar-refractivity contribution in [1.29, 1.82) is 0 Å². The molecule has 9 heteroatoms. The van der Waals surface area contributed by atoms with Gasteiger partial charge in [-0.3, -0.25) is 14.3 Å². The lowest BCUT2D eigenvalue weighted by atomic mass is 9.89. The molecule has 2 amide bonds. The Labute approximate surface area is 198 Å². The van der Waals surface area contributed by atoms with Crippen LogP contribution in [-0.2, 0) is 22.6 Å². The van der Waals surface area contributed by atoms with E-state index < -0.39 is 6.04 Å². The van der Waals surface area contributed by atoms with Gasteiger partial charge < -0.3 is 16.0 Å². The average molecular weight is 471 g/mol. The summed E-state index contributed by atoms with van der Waals surface area (Å²) >= 11 is 6.50. The fourth-order valence-electron chi connectivity index (χ4n) is 5.80. The molecule has 1 aliphatic carbocycles. The number of nitrogens with two attached hydrogens (primary N) is 1. The number of aromatic nitrogens is 3. The fourth-order valence-corrected chi connectivity index (χ4v) is 6.00. The van der Waals surface area contributed by atoms with Crippen LogP contribution in [0.2, 0.25) is 5.02 Å². The minimum atomic E-state index is -0.476. The molecular weight excluding hydrogens is 440 g/mol. The molecule has 1 saturated carbocycles. The molecule has 2 aromatic rings. The highest BCUT2D eigenvalue weighted by Gasteiger charge is 2.44. The van der Waals surface area contributed by atoms with Gasteiger partial charge in [0, 0.05) is 48.6 Å². The third-order valence-corrected chi connectivity index (χ3v) is 7.69. The first-order valence-electron chi connectivity index (χ1n) is 11.7. The van der Waals surface area contributed by atoms with Gasteiger partial charge >= 0.3 is 0 Å². The summed E-state index contributed by atoms with van der Waals surface area (Å²) < 4.78 is 2.04. The third-order valence-electron chi connectivity index (χ3n) is 7.39. The molecule has 2 fully saturated rings. The van der Waals surface area contributed by atoms with Gasteiger partial charge in [0.15, 0.2) is 0 Å². The summed E-state index contributed by atoms with van der Waals surface area (Å²) in [4.78, 5) is 31.4. The van der Waals surface area contributed by atoms with Crippen LogP contribution in [0, 0.1) is 23.2 Å². The number of amides is 2. The predicted octanol–water partition coefficient (Wildman–Crippen LogP) is 2.95. The van der Waals surface area contributed by atoms with E-state index in [0.717, 1.165) is 36.9 Å². The number of hydrogen-bond donors (Lipinski definition) is 2. The molecule has 33 heavy (non-hydrogen) atoms. The molecule has 4 heterocycles. The lowest BCUT2D eigenvalue weighted by Gasteiger charge is -2.20. The van der Waals surface area contributed by atoms with Gasteiger partial charge in [0.25, 0.3) is 0 Å². The number of pyridine rings is 1. The monoisotopic (exact) mass is 470 g/mol. The Kier molecular flexibility index (Phi) is 5.48. The number of carbonyl (C=O) groups excluding carboxylic acids is 2. The lowest BCUT2D eigenvalue weighted by molar-refractivity contribution is -0.131. The standard InChI is InChI=1S/C24H31ClN6O2/c1-13(26)23(33)30-10-15-4-14(5-16(15)11-30)22(32)29-21-6-17(19(25)9-27-21)18-8-28-31-12-24(2,3)7-20(18)31/h6,8-9,13-16H,4-5,7,10-12,26H2,1-3H3,(H,27,29,32)/t13?,14?,15-,16+. The van der Waals surface area contributed by atoms with E-state index in [1.54, 1.807) is 13.1 Å². The Bertz CT molecular complexity index is 1100. The maximum Gasteiger partial charge on any atom is 0.239 e. The van der Waals surface area contributed by atoms with E-state index in [1.807, 2.05) is 21.8 Å². The zero-order valence-corrected chi connectivity index (χ0v) is 20.1. The minimum absolute atomic E-state index is 0.00154. The first-order valence-corrected chi connectivity index (χ1v) is 12.0. The Morgan fingerprint density at radius 2 is 1.91 bits per heavy atom. The van der Waals surface area contributed by atoms with Crippen molar-refractivity contribution in [2.45, 2.75) is 52.6 Å². The minimum Gasteiger partial charge on any atom is -0.341 e. The highest BCUT2D eigenvalue weighted by atomic mass is 35.5. The second-order valence-electron chi connectivity index (χ2n) is 10.8. The van der Waals surface area contributed by atoms with E-state index in [-0.39, 0.29) is 23.1 Å². The van der Waals surface area contributed by atoms with Crippen molar-refractivity contribution >= 4 is 29.2 Å². The van der Waals surface area contributed by atoms with Crippen LogP contribution in [0.3, 0.4) is 0 Å². The largest absolute Gasteiger partial charge is 0.341 e. The lowest BCUT2D eigenvalue weighted by Crippen LogP contribution is -2.41. The Balaban J connectivity index is 1.27. The molecule has 8 nitrogen and oxygen atoms in total.